The minimum atomic E-state index is -0.479. The van der Waals surface area contributed by atoms with Gasteiger partial charge in [-0.15, -0.1) is 0 Å². The number of para-hydroxylation sites is 1. The van der Waals surface area contributed by atoms with Gasteiger partial charge in [-0.3, -0.25) is 9.80 Å². The predicted molar refractivity (Wildman–Crippen MR) is 79.7 cm³/mol. The number of benzene rings is 1. The highest BCUT2D eigenvalue weighted by atomic mass is 79.9. The number of rotatable bonds is 2. The molecule has 0 fully saturated rings. The van der Waals surface area contributed by atoms with Crippen LogP contribution in [0, 0.1) is 0 Å². The standard InChI is InChI=1S/C14H17BrN2O2/c1-14(2,3)19-13(18)9-17-11-7-5-4-6-10(11)8-12(15)16-17/h4-7H,8-9H2,1-3H3. The Morgan fingerprint density at radius 2 is 2.11 bits per heavy atom. The number of anilines is 1. The third kappa shape index (κ3) is 3.80. The van der Waals surface area contributed by atoms with Gasteiger partial charge < -0.3 is 4.74 Å². The van der Waals surface area contributed by atoms with Crippen LogP contribution in [0.5, 0.6) is 0 Å². The maximum atomic E-state index is 11.9. The van der Waals surface area contributed by atoms with Crippen molar-refractivity contribution in [3.63, 3.8) is 0 Å². The Labute approximate surface area is 121 Å². The van der Waals surface area contributed by atoms with E-state index < -0.39 is 5.60 Å². The summed E-state index contributed by atoms with van der Waals surface area (Å²) in [5, 5.41) is 6.04. The monoisotopic (exact) mass is 324 g/mol. The summed E-state index contributed by atoms with van der Waals surface area (Å²) in [7, 11) is 0. The number of carbonyl (C=O) groups is 1. The lowest BCUT2D eigenvalue weighted by Crippen LogP contribution is -2.34. The fourth-order valence-corrected chi connectivity index (χ4v) is 2.40. The second kappa shape index (κ2) is 5.33. The molecule has 19 heavy (non-hydrogen) atoms. The minimum absolute atomic E-state index is 0.114. The van der Waals surface area contributed by atoms with Crippen molar-refractivity contribution in [2.24, 2.45) is 5.10 Å². The van der Waals surface area contributed by atoms with Crippen molar-refractivity contribution >= 4 is 32.2 Å². The van der Waals surface area contributed by atoms with Crippen LogP contribution in [0.25, 0.3) is 0 Å². The van der Waals surface area contributed by atoms with Gasteiger partial charge in [0.15, 0.2) is 0 Å². The van der Waals surface area contributed by atoms with E-state index in [0.717, 1.165) is 22.3 Å². The van der Waals surface area contributed by atoms with Crippen molar-refractivity contribution in [3.8, 4) is 0 Å². The summed E-state index contributed by atoms with van der Waals surface area (Å²) < 4.78 is 6.14. The number of fused-ring (bicyclic) bond motifs is 1. The zero-order valence-corrected chi connectivity index (χ0v) is 12.9. The van der Waals surface area contributed by atoms with Crippen molar-refractivity contribution in [2.45, 2.75) is 32.8 Å². The number of nitrogens with zero attached hydrogens (tertiary/aromatic N) is 2. The summed E-state index contributed by atoms with van der Waals surface area (Å²) in [6, 6.07) is 7.92. The van der Waals surface area contributed by atoms with Gasteiger partial charge in [-0.05, 0) is 48.3 Å². The lowest BCUT2D eigenvalue weighted by molar-refractivity contribution is -0.153. The van der Waals surface area contributed by atoms with Gasteiger partial charge in [-0.25, -0.2) is 0 Å². The molecule has 1 heterocycles. The minimum Gasteiger partial charge on any atom is -0.459 e. The van der Waals surface area contributed by atoms with Gasteiger partial charge >= 0.3 is 5.97 Å². The molecule has 5 heteroatoms. The summed E-state index contributed by atoms with van der Waals surface area (Å²) in [5.41, 5.74) is 1.62. The van der Waals surface area contributed by atoms with Gasteiger partial charge in [0.05, 0.1) is 5.69 Å². The molecule has 1 aliphatic heterocycles. The Balaban J connectivity index is 2.15. The molecular formula is C14H17BrN2O2. The Kier molecular flexibility index (Phi) is 3.94. The molecule has 2 rings (SSSR count). The summed E-state index contributed by atoms with van der Waals surface area (Å²) in [4.78, 5) is 11.9. The highest BCUT2D eigenvalue weighted by molar-refractivity contribution is 9.18. The van der Waals surface area contributed by atoms with E-state index in [1.54, 1.807) is 5.01 Å². The molecule has 0 aliphatic carbocycles. The number of hydrazone groups is 1. The lowest BCUT2D eigenvalue weighted by Gasteiger charge is -2.27. The van der Waals surface area contributed by atoms with Gasteiger partial charge in [0.2, 0.25) is 0 Å². The summed E-state index contributed by atoms with van der Waals surface area (Å²) >= 11 is 3.41. The number of halogens is 1. The topological polar surface area (TPSA) is 41.9 Å². The van der Waals surface area contributed by atoms with Crippen molar-refractivity contribution in [2.75, 3.05) is 11.6 Å². The van der Waals surface area contributed by atoms with Gasteiger partial charge in [0, 0.05) is 6.42 Å². The van der Waals surface area contributed by atoms with E-state index >= 15 is 0 Å². The highest BCUT2D eigenvalue weighted by Crippen LogP contribution is 2.27. The van der Waals surface area contributed by atoms with Crippen LogP contribution >= 0.6 is 15.9 Å². The summed E-state index contributed by atoms with van der Waals surface area (Å²) in [6.07, 6.45) is 0.751. The van der Waals surface area contributed by atoms with E-state index in [2.05, 4.69) is 21.0 Å². The second-order valence-electron chi connectivity index (χ2n) is 5.43. The van der Waals surface area contributed by atoms with Gasteiger partial charge in [-0.1, -0.05) is 18.2 Å². The first-order valence-corrected chi connectivity index (χ1v) is 6.95. The van der Waals surface area contributed by atoms with E-state index in [9.17, 15) is 4.79 Å². The fraction of sp³-hybridized carbons (Fsp3) is 0.429. The number of hydrogen-bond acceptors (Lipinski definition) is 4. The molecule has 0 bridgehead atoms. The Morgan fingerprint density at radius 3 is 2.79 bits per heavy atom. The average Bonchev–Trinajstić information content (AvgIpc) is 2.25. The molecule has 0 radical (unpaired) electrons. The first-order chi connectivity index (χ1) is 8.85. The molecule has 0 atom stereocenters. The summed E-state index contributed by atoms with van der Waals surface area (Å²) in [6.45, 7) is 5.68. The largest absolute Gasteiger partial charge is 0.459 e. The van der Waals surface area contributed by atoms with Crippen LogP contribution in [0.4, 0.5) is 5.69 Å². The zero-order chi connectivity index (χ0) is 14.0. The first kappa shape index (κ1) is 14.1. The van der Waals surface area contributed by atoms with Gasteiger partial charge in [0.1, 0.15) is 16.8 Å². The van der Waals surface area contributed by atoms with Crippen LogP contribution in [0.2, 0.25) is 0 Å². The van der Waals surface area contributed by atoms with Gasteiger partial charge in [0.25, 0.3) is 0 Å². The lowest BCUT2D eigenvalue weighted by atomic mass is 10.1. The van der Waals surface area contributed by atoms with E-state index in [1.807, 2.05) is 45.0 Å². The van der Waals surface area contributed by atoms with E-state index in [1.165, 1.54) is 0 Å². The second-order valence-corrected chi connectivity index (χ2v) is 6.34. The number of ether oxygens (including phenoxy) is 1. The van der Waals surface area contributed by atoms with Crippen molar-refractivity contribution in [1.29, 1.82) is 0 Å². The number of hydrogen-bond donors (Lipinski definition) is 0. The molecule has 1 aromatic carbocycles. The normalized spacial score (nSPS) is 14.7. The summed E-state index contributed by atoms with van der Waals surface area (Å²) in [5.74, 6) is -0.284. The van der Waals surface area contributed by atoms with E-state index in [4.69, 9.17) is 4.74 Å². The number of carbonyl (C=O) groups excluding carboxylic acids is 1. The third-order valence-corrected chi connectivity index (χ3v) is 2.97. The van der Waals surface area contributed by atoms with Crippen LogP contribution in [0.1, 0.15) is 26.3 Å². The maximum absolute atomic E-state index is 11.9. The molecule has 0 amide bonds. The fourth-order valence-electron chi connectivity index (χ4n) is 1.91. The smallest absolute Gasteiger partial charge is 0.328 e. The molecule has 0 saturated carbocycles. The van der Waals surface area contributed by atoms with E-state index in [0.29, 0.717) is 0 Å². The van der Waals surface area contributed by atoms with Crippen LogP contribution in [0.15, 0.2) is 29.4 Å². The van der Waals surface area contributed by atoms with Crippen molar-refractivity contribution in [3.05, 3.63) is 29.8 Å². The molecule has 0 N–H and O–H groups in total. The molecule has 102 valence electrons. The van der Waals surface area contributed by atoms with Crippen LogP contribution in [-0.4, -0.2) is 22.7 Å². The third-order valence-electron chi connectivity index (χ3n) is 2.53. The van der Waals surface area contributed by atoms with Crippen LogP contribution < -0.4 is 5.01 Å². The van der Waals surface area contributed by atoms with Crippen LogP contribution in [-0.2, 0) is 16.0 Å². The molecule has 0 spiro atoms. The molecule has 1 aliphatic rings. The SMILES string of the molecule is CC(C)(C)OC(=O)CN1N=C(Br)Cc2ccccc21. The predicted octanol–water partition coefficient (Wildman–Crippen LogP) is 3.10. The average molecular weight is 325 g/mol. The highest BCUT2D eigenvalue weighted by Gasteiger charge is 2.23. The molecule has 0 aromatic heterocycles. The number of esters is 1. The Morgan fingerprint density at radius 1 is 1.42 bits per heavy atom. The maximum Gasteiger partial charge on any atom is 0.328 e. The van der Waals surface area contributed by atoms with Crippen LogP contribution in [0.3, 0.4) is 0 Å². The van der Waals surface area contributed by atoms with E-state index in [-0.39, 0.29) is 12.5 Å². The van der Waals surface area contributed by atoms with Crippen molar-refractivity contribution in [1.82, 2.24) is 0 Å². The molecule has 1 aromatic rings. The molecule has 0 unspecified atom stereocenters. The molecular weight excluding hydrogens is 308 g/mol. The molecule has 0 saturated heterocycles. The molecule has 4 nitrogen and oxygen atoms in total. The Bertz CT molecular complexity index is 520. The first-order valence-electron chi connectivity index (χ1n) is 6.15. The zero-order valence-electron chi connectivity index (χ0n) is 11.3. The van der Waals surface area contributed by atoms with Crippen molar-refractivity contribution < 1.29 is 9.53 Å². The Hall–Kier alpha value is -1.36. The van der Waals surface area contributed by atoms with Gasteiger partial charge in [-0.2, -0.15) is 5.10 Å². The quantitative estimate of drug-likeness (QED) is 0.785.